The van der Waals surface area contributed by atoms with Gasteiger partial charge in [-0.2, -0.15) is 4.31 Å². The fraction of sp³-hybridized carbons (Fsp3) is 0.462. The number of aliphatic hydroxyl groups is 1. The van der Waals surface area contributed by atoms with E-state index in [0.717, 1.165) is 4.31 Å². The lowest BCUT2D eigenvalue weighted by molar-refractivity contribution is 0.0600. The zero-order chi connectivity index (χ0) is 15.6. The number of sulfonamides is 1. The summed E-state index contributed by atoms with van der Waals surface area (Å²) in [6, 6.07) is 5.00. The Labute approximate surface area is 123 Å². The van der Waals surface area contributed by atoms with Crippen molar-refractivity contribution in [2.75, 3.05) is 27.2 Å². The summed E-state index contributed by atoms with van der Waals surface area (Å²) < 4.78 is 30.7. The predicted octanol–water partition coefficient (Wildman–Crippen LogP) is -0.574. The molecule has 0 bridgehead atoms. The molecule has 21 heavy (non-hydrogen) atoms. The first kappa shape index (κ1) is 15.9. The molecule has 8 heteroatoms. The average molecular weight is 314 g/mol. The van der Waals surface area contributed by atoms with E-state index in [9.17, 15) is 18.3 Å². The van der Waals surface area contributed by atoms with Crippen molar-refractivity contribution in [2.24, 2.45) is 0 Å². The second-order valence-corrected chi connectivity index (χ2v) is 6.83. The lowest BCUT2D eigenvalue weighted by atomic mass is 10.2. The summed E-state index contributed by atoms with van der Waals surface area (Å²) in [5.41, 5.74) is 0.279. The summed E-state index contributed by atoms with van der Waals surface area (Å²) in [7, 11) is -1.03. The summed E-state index contributed by atoms with van der Waals surface area (Å²) in [6.45, 7) is 0.767. The van der Waals surface area contributed by atoms with E-state index >= 15 is 0 Å². The van der Waals surface area contributed by atoms with Gasteiger partial charge < -0.3 is 15.2 Å². The molecule has 2 atom stereocenters. The van der Waals surface area contributed by atoms with Gasteiger partial charge in [0.2, 0.25) is 10.0 Å². The van der Waals surface area contributed by atoms with E-state index < -0.39 is 28.1 Å². The van der Waals surface area contributed by atoms with Gasteiger partial charge in [-0.25, -0.2) is 13.2 Å². The molecule has 1 heterocycles. The maximum atomic E-state index is 12.5. The Morgan fingerprint density at radius 1 is 1.33 bits per heavy atom. The minimum atomic E-state index is -3.72. The summed E-state index contributed by atoms with van der Waals surface area (Å²) in [4.78, 5) is 11.4. The van der Waals surface area contributed by atoms with Crippen LogP contribution in [0.1, 0.15) is 10.4 Å². The van der Waals surface area contributed by atoms with Crippen molar-refractivity contribution in [1.82, 2.24) is 9.62 Å². The van der Waals surface area contributed by atoms with Gasteiger partial charge in [-0.1, -0.05) is 0 Å². The first-order chi connectivity index (χ1) is 9.87. The SMILES string of the molecule is COC(=O)c1ccc(S(=O)(=O)N(C)[C@H]2CNC[C@@H]2O)cc1. The lowest BCUT2D eigenvalue weighted by Crippen LogP contribution is -2.44. The summed E-state index contributed by atoms with van der Waals surface area (Å²) in [5, 5.41) is 12.7. The highest BCUT2D eigenvalue weighted by molar-refractivity contribution is 7.89. The minimum absolute atomic E-state index is 0.0664. The Morgan fingerprint density at radius 2 is 1.95 bits per heavy atom. The number of carbonyl (C=O) groups excluding carboxylic acids is 1. The van der Waals surface area contributed by atoms with Gasteiger partial charge >= 0.3 is 5.97 Å². The first-order valence-electron chi connectivity index (χ1n) is 6.43. The van der Waals surface area contributed by atoms with Crippen molar-refractivity contribution in [3.8, 4) is 0 Å². The summed E-state index contributed by atoms with van der Waals surface area (Å²) in [6.07, 6.45) is -0.737. The molecule has 0 radical (unpaired) electrons. The molecular formula is C13H18N2O5S. The Balaban J connectivity index is 2.25. The molecule has 0 spiro atoms. The molecule has 0 amide bonds. The van der Waals surface area contributed by atoms with Crippen LogP contribution in [0.3, 0.4) is 0 Å². The first-order valence-corrected chi connectivity index (χ1v) is 7.87. The maximum Gasteiger partial charge on any atom is 0.337 e. The number of likely N-dealkylation sites (N-methyl/N-ethyl adjacent to an activating group) is 1. The summed E-state index contributed by atoms with van der Waals surface area (Å²) in [5.74, 6) is -0.525. The van der Waals surface area contributed by atoms with E-state index in [1.807, 2.05) is 0 Å². The van der Waals surface area contributed by atoms with E-state index in [0.29, 0.717) is 13.1 Å². The van der Waals surface area contributed by atoms with Gasteiger partial charge in [0.1, 0.15) is 0 Å². The van der Waals surface area contributed by atoms with Crippen LogP contribution in [-0.2, 0) is 14.8 Å². The van der Waals surface area contributed by atoms with Crippen LogP contribution in [0.4, 0.5) is 0 Å². The standard InChI is InChI=1S/C13H18N2O5S/c1-15(11-7-14-8-12(11)16)21(18,19)10-5-3-9(4-6-10)13(17)20-2/h3-6,11-12,14,16H,7-8H2,1-2H3/t11-,12-/m0/s1. The normalized spacial score (nSPS) is 22.5. The molecule has 116 valence electrons. The van der Waals surface area contributed by atoms with Crippen LogP contribution in [-0.4, -0.2) is 63.2 Å². The number of methoxy groups -OCH3 is 1. The topological polar surface area (TPSA) is 95.9 Å². The van der Waals surface area contributed by atoms with Crippen LogP contribution >= 0.6 is 0 Å². The monoisotopic (exact) mass is 314 g/mol. The molecule has 1 saturated heterocycles. The predicted molar refractivity (Wildman–Crippen MR) is 75.4 cm³/mol. The number of hydrogen-bond acceptors (Lipinski definition) is 6. The van der Waals surface area contributed by atoms with Crippen molar-refractivity contribution < 1.29 is 23.1 Å². The molecule has 1 aliphatic heterocycles. The number of aliphatic hydroxyl groups excluding tert-OH is 1. The number of esters is 1. The molecule has 0 aliphatic carbocycles. The number of carbonyl (C=O) groups is 1. The maximum absolute atomic E-state index is 12.5. The van der Waals surface area contributed by atoms with Crippen LogP contribution in [0, 0.1) is 0 Å². The molecule has 1 aromatic carbocycles. The Hall–Kier alpha value is -1.48. The Kier molecular flexibility index (Phi) is 4.62. The van der Waals surface area contributed by atoms with Crippen molar-refractivity contribution >= 4 is 16.0 Å². The molecule has 1 aliphatic rings. The molecule has 2 N–H and O–H groups in total. The van der Waals surface area contributed by atoms with E-state index in [-0.39, 0.29) is 10.5 Å². The summed E-state index contributed by atoms with van der Waals surface area (Å²) >= 11 is 0. The van der Waals surface area contributed by atoms with Gasteiger partial charge in [-0.3, -0.25) is 0 Å². The Bertz CT molecular complexity index is 614. The van der Waals surface area contributed by atoms with Gasteiger partial charge in [0.15, 0.2) is 0 Å². The van der Waals surface area contributed by atoms with E-state index in [1.165, 1.54) is 38.4 Å². The second-order valence-electron chi connectivity index (χ2n) is 4.83. The zero-order valence-electron chi connectivity index (χ0n) is 11.8. The van der Waals surface area contributed by atoms with Gasteiger partial charge in [-0.05, 0) is 24.3 Å². The largest absolute Gasteiger partial charge is 0.465 e. The van der Waals surface area contributed by atoms with Gasteiger partial charge in [0.05, 0.1) is 29.7 Å². The zero-order valence-corrected chi connectivity index (χ0v) is 12.6. The molecular weight excluding hydrogens is 296 g/mol. The average Bonchev–Trinajstić information content (AvgIpc) is 2.91. The van der Waals surface area contributed by atoms with Crippen LogP contribution < -0.4 is 5.32 Å². The molecule has 7 nitrogen and oxygen atoms in total. The number of nitrogens with one attached hydrogen (secondary N) is 1. The molecule has 0 unspecified atom stereocenters. The highest BCUT2D eigenvalue weighted by atomic mass is 32.2. The van der Waals surface area contributed by atoms with E-state index in [4.69, 9.17) is 0 Å². The van der Waals surface area contributed by atoms with Gasteiger partial charge in [0, 0.05) is 20.1 Å². The lowest BCUT2D eigenvalue weighted by Gasteiger charge is -2.25. The van der Waals surface area contributed by atoms with Crippen molar-refractivity contribution in [1.29, 1.82) is 0 Å². The number of ether oxygens (including phenoxy) is 1. The number of rotatable bonds is 4. The van der Waals surface area contributed by atoms with Gasteiger partial charge in [-0.15, -0.1) is 0 Å². The third-order valence-corrected chi connectivity index (χ3v) is 5.47. The van der Waals surface area contributed by atoms with Crippen LogP contribution in [0.5, 0.6) is 0 Å². The smallest absolute Gasteiger partial charge is 0.337 e. The Morgan fingerprint density at radius 3 is 2.43 bits per heavy atom. The molecule has 0 saturated carbocycles. The van der Waals surface area contributed by atoms with Crippen LogP contribution in [0.15, 0.2) is 29.2 Å². The molecule has 1 fully saturated rings. The van der Waals surface area contributed by atoms with Crippen molar-refractivity contribution in [2.45, 2.75) is 17.0 Å². The number of benzene rings is 1. The number of nitrogens with zero attached hydrogens (tertiary/aromatic N) is 1. The number of β-amino-alcohol motifs (C(OH)–C–C–N with tert-alkyl or cyclic N) is 1. The third-order valence-electron chi connectivity index (χ3n) is 3.57. The third kappa shape index (κ3) is 3.08. The van der Waals surface area contributed by atoms with Gasteiger partial charge in [0.25, 0.3) is 0 Å². The molecule has 1 aromatic rings. The highest BCUT2D eigenvalue weighted by Crippen LogP contribution is 2.20. The molecule has 0 aromatic heterocycles. The fourth-order valence-electron chi connectivity index (χ4n) is 2.25. The fourth-order valence-corrected chi connectivity index (χ4v) is 3.63. The number of hydrogen-bond donors (Lipinski definition) is 2. The van der Waals surface area contributed by atoms with E-state index in [1.54, 1.807) is 0 Å². The van der Waals surface area contributed by atoms with Crippen LogP contribution in [0.25, 0.3) is 0 Å². The van der Waals surface area contributed by atoms with Crippen molar-refractivity contribution in [3.63, 3.8) is 0 Å². The minimum Gasteiger partial charge on any atom is -0.465 e. The second kappa shape index (κ2) is 6.10. The van der Waals surface area contributed by atoms with Crippen molar-refractivity contribution in [3.05, 3.63) is 29.8 Å². The van der Waals surface area contributed by atoms with E-state index in [2.05, 4.69) is 10.1 Å². The molecule has 2 rings (SSSR count). The van der Waals surface area contributed by atoms with Crippen LogP contribution in [0.2, 0.25) is 0 Å². The quantitative estimate of drug-likeness (QED) is 0.722. The highest BCUT2D eigenvalue weighted by Gasteiger charge is 2.35.